The predicted octanol–water partition coefficient (Wildman–Crippen LogP) is -0.174. The molecule has 0 radical (unpaired) electrons. The van der Waals surface area contributed by atoms with Gasteiger partial charge in [0.15, 0.2) is 0 Å². The average molecular weight is 172 g/mol. The van der Waals surface area contributed by atoms with Crippen molar-refractivity contribution in [3.05, 3.63) is 0 Å². The van der Waals surface area contributed by atoms with E-state index in [0.717, 1.165) is 0 Å². The Morgan fingerprint density at radius 2 is 2.00 bits per heavy atom. The number of carbonyl (C=O) groups is 1. The lowest BCUT2D eigenvalue weighted by atomic mass is 10.7. The Kier molecular flexibility index (Phi) is 7.35. The summed E-state index contributed by atoms with van der Waals surface area (Å²) in [6, 6.07) is 0. The summed E-state index contributed by atoms with van der Waals surface area (Å²) < 4.78 is 14.3. The number of esters is 1. The highest BCUT2D eigenvalue weighted by atomic mass is 16.6. The van der Waals surface area contributed by atoms with Crippen molar-refractivity contribution < 1.29 is 19.0 Å². The maximum absolute atomic E-state index is 10.4. The summed E-state index contributed by atoms with van der Waals surface area (Å²) in [5, 5.41) is 0. The zero-order valence-electron chi connectivity index (χ0n) is 7.04. The monoisotopic (exact) mass is 172 g/mol. The molecule has 0 unspecified atom stereocenters. The molecule has 0 aromatic rings. The molecule has 12 heavy (non-hydrogen) atoms. The van der Waals surface area contributed by atoms with Gasteiger partial charge in [0.2, 0.25) is 0 Å². The lowest BCUT2D eigenvalue weighted by Gasteiger charge is -2.02. The molecule has 0 aromatic heterocycles. The molecule has 0 aliphatic carbocycles. The number of terminal acetylenes is 1. The second-order valence-corrected chi connectivity index (χ2v) is 1.89. The van der Waals surface area contributed by atoms with E-state index in [4.69, 9.17) is 15.9 Å². The van der Waals surface area contributed by atoms with Crippen LogP contribution in [0.3, 0.4) is 0 Å². The smallest absolute Gasteiger partial charge is 0.384 e. The van der Waals surface area contributed by atoms with Gasteiger partial charge in [0, 0.05) is 13.0 Å². The SMILES string of the molecule is C#CC(=O)OCCOCCOC. The molecule has 0 spiro atoms. The molecule has 0 aliphatic heterocycles. The van der Waals surface area contributed by atoms with Gasteiger partial charge in [0.1, 0.15) is 6.61 Å². The van der Waals surface area contributed by atoms with E-state index in [0.29, 0.717) is 19.8 Å². The van der Waals surface area contributed by atoms with Gasteiger partial charge >= 0.3 is 5.97 Å². The summed E-state index contributed by atoms with van der Waals surface area (Å²) in [5.74, 6) is 1.16. The first-order chi connectivity index (χ1) is 5.81. The maximum Gasteiger partial charge on any atom is 0.384 e. The van der Waals surface area contributed by atoms with Crippen LogP contribution in [0.5, 0.6) is 0 Å². The highest BCUT2D eigenvalue weighted by Crippen LogP contribution is 1.79. The lowest BCUT2D eigenvalue weighted by Crippen LogP contribution is -2.10. The number of rotatable bonds is 6. The minimum absolute atomic E-state index is 0.187. The Morgan fingerprint density at radius 3 is 2.58 bits per heavy atom. The van der Waals surface area contributed by atoms with Gasteiger partial charge in [-0.2, -0.15) is 0 Å². The van der Waals surface area contributed by atoms with E-state index in [9.17, 15) is 4.79 Å². The van der Waals surface area contributed by atoms with Crippen LogP contribution in [0.25, 0.3) is 0 Å². The van der Waals surface area contributed by atoms with E-state index in [2.05, 4.69) is 4.74 Å². The van der Waals surface area contributed by atoms with Crippen LogP contribution in [0.2, 0.25) is 0 Å². The van der Waals surface area contributed by atoms with Crippen molar-refractivity contribution in [2.24, 2.45) is 0 Å². The van der Waals surface area contributed by atoms with Crippen molar-refractivity contribution in [3.8, 4) is 12.3 Å². The summed E-state index contributed by atoms with van der Waals surface area (Å²) in [5.41, 5.74) is 0. The average Bonchev–Trinajstić information content (AvgIpc) is 2.10. The molecular weight excluding hydrogens is 160 g/mol. The molecule has 0 atom stereocenters. The van der Waals surface area contributed by atoms with Crippen molar-refractivity contribution in [1.82, 2.24) is 0 Å². The van der Waals surface area contributed by atoms with Crippen LogP contribution in [0.1, 0.15) is 0 Å². The van der Waals surface area contributed by atoms with E-state index < -0.39 is 5.97 Å². The highest BCUT2D eigenvalue weighted by molar-refractivity contribution is 5.87. The zero-order chi connectivity index (χ0) is 9.23. The number of hydrogen-bond acceptors (Lipinski definition) is 4. The summed E-state index contributed by atoms with van der Waals surface area (Å²) >= 11 is 0. The molecule has 68 valence electrons. The molecule has 0 bridgehead atoms. The first-order valence-corrected chi connectivity index (χ1v) is 3.51. The Hall–Kier alpha value is -1.05. The highest BCUT2D eigenvalue weighted by Gasteiger charge is 1.94. The van der Waals surface area contributed by atoms with Gasteiger partial charge in [0.25, 0.3) is 0 Å². The van der Waals surface area contributed by atoms with Gasteiger partial charge in [-0.3, -0.25) is 0 Å². The minimum atomic E-state index is -0.662. The van der Waals surface area contributed by atoms with E-state index in [1.807, 2.05) is 5.92 Å². The molecule has 0 amide bonds. The molecule has 4 heteroatoms. The molecule has 0 fully saturated rings. The molecule has 0 aromatic carbocycles. The van der Waals surface area contributed by atoms with Crippen molar-refractivity contribution in [1.29, 1.82) is 0 Å². The van der Waals surface area contributed by atoms with E-state index in [1.54, 1.807) is 7.11 Å². The van der Waals surface area contributed by atoms with Crippen LogP contribution in [-0.2, 0) is 19.0 Å². The van der Waals surface area contributed by atoms with Gasteiger partial charge in [-0.25, -0.2) is 4.79 Å². The van der Waals surface area contributed by atoms with Crippen molar-refractivity contribution in [2.75, 3.05) is 33.5 Å². The van der Waals surface area contributed by atoms with Crippen LogP contribution in [0.4, 0.5) is 0 Å². The second kappa shape index (κ2) is 8.05. The third-order valence-corrected chi connectivity index (χ3v) is 1.01. The molecule has 4 nitrogen and oxygen atoms in total. The number of carbonyl (C=O) groups excluding carboxylic acids is 1. The van der Waals surface area contributed by atoms with Gasteiger partial charge in [-0.1, -0.05) is 0 Å². The van der Waals surface area contributed by atoms with Crippen molar-refractivity contribution >= 4 is 5.97 Å². The van der Waals surface area contributed by atoms with Crippen molar-refractivity contribution in [2.45, 2.75) is 0 Å². The molecular formula is C8H12O4. The number of ether oxygens (including phenoxy) is 3. The summed E-state index contributed by atoms with van der Waals surface area (Å²) in [4.78, 5) is 10.4. The summed E-state index contributed by atoms with van der Waals surface area (Å²) in [7, 11) is 1.59. The van der Waals surface area contributed by atoms with E-state index in [1.165, 1.54) is 0 Å². The number of hydrogen-bond donors (Lipinski definition) is 0. The fourth-order valence-corrected chi connectivity index (χ4v) is 0.479. The van der Waals surface area contributed by atoms with Crippen LogP contribution >= 0.6 is 0 Å². The maximum atomic E-state index is 10.4. The fraction of sp³-hybridized carbons (Fsp3) is 0.625. The van der Waals surface area contributed by atoms with Crippen LogP contribution < -0.4 is 0 Å². The zero-order valence-corrected chi connectivity index (χ0v) is 7.04. The normalized spacial score (nSPS) is 9.00. The van der Waals surface area contributed by atoms with Crippen LogP contribution in [0, 0.1) is 12.3 Å². The van der Waals surface area contributed by atoms with Gasteiger partial charge in [-0.15, -0.1) is 6.42 Å². The Labute approximate surface area is 71.8 Å². The molecule has 0 aliphatic rings. The van der Waals surface area contributed by atoms with Gasteiger partial charge < -0.3 is 14.2 Å². The summed E-state index contributed by atoms with van der Waals surface area (Å²) in [6.07, 6.45) is 4.75. The van der Waals surface area contributed by atoms with Crippen molar-refractivity contribution in [3.63, 3.8) is 0 Å². The molecule has 0 heterocycles. The van der Waals surface area contributed by atoms with E-state index >= 15 is 0 Å². The summed E-state index contributed by atoms with van der Waals surface area (Å²) in [6.45, 7) is 1.55. The predicted molar refractivity (Wildman–Crippen MR) is 42.5 cm³/mol. The Bertz CT molecular complexity index is 159. The molecule has 0 saturated heterocycles. The quantitative estimate of drug-likeness (QED) is 0.241. The van der Waals surface area contributed by atoms with Gasteiger partial charge in [-0.05, 0) is 0 Å². The fourth-order valence-electron chi connectivity index (χ4n) is 0.479. The topological polar surface area (TPSA) is 44.8 Å². The molecule has 0 saturated carbocycles. The third kappa shape index (κ3) is 7.06. The number of methoxy groups -OCH3 is 1. The first-order valence-electron chi connectivity index (χ1n) is 3.51. The second-order valence-electron chi connectivity index (χ2n) is 1.89. The van der Waals surface area contributed by atoms with E-state index in [-0.39, 0.29) is 6.61 Å². The first kappa shape index (κ1) is 11.0. The molecule has 0 rings (SSSR count). The standard InChI is InChI=1S/C8H12O4/c1-3-8(9)12-7-6-11-5-4-10-2/h1H,4-7H2,2H3. The third-order valence-electron chi connectivity index (χ3n) is 1.01. The Balaban J connectivity index is 3.02. The largest absolute Gasteiger partial charge is 0.454 e. The Morgan fingerprint density at radius 1 is 1.33 bits per heavy atom. The van der Waals surface area contributed by atoms with Gasteiger partial charge in [0.05, 0.1) is 19.8 Å². The van der Waals surface area contributed by atoms with Crippen LogP contribution in [-0.4, -0.2) is 39.5 Å². The molecule has 0 N–H and O–H groups in total. The minimum Gasteiger partial charge on any atom is -0.454 e. The van der Waals surface area contributed by atoms with Crippen LogP contribution in [0.15, 0.2) is 0 Å². The lowest BCUT2D eigenvalue weighted by molar-refractivity contribution is -0.138.